The lowest BCUT2D eigenvalue weighted by Crippen LogP contribution is -2.42. The Labute approximate surface area is 175 Å². The Bertz CT molecular complexity index is 763. The first kappa shape index (κ1) is 22.2. The molecule has 2 fully saturated rings. The molecule has 7 heteroatoms. The zero-order chi connectivity index (χ0) is 20.9. The molecule has 2 atom stereocenters. The molecule has 1 aromatic rings. The van der Waals surface area contributed by atoms with Crippen LogP contribution in [0.2, 0.25) is 0 Å². The van der Waals surface area contributed by atoms with Crippen molar-refractivity contribution in [2.75, 3.05) is 39.3 Å². The van der Waals surface area contributed by atoms with Crippen molar-refractivity contribution < 1.29 is 13.2 Å². The van der Waals surface area contributed by atoms with Crippen molar-refractivity contribution >= 4 is 15.9 Å². The van der Waals surface area contributed by atoms with E-state index >= 15 is 0 Å². The molecule has 0 aliphatic carbocycles. The molecule has 0 unspecified atom stereocenters. The van der Waals surface area contributed by atoms with Crippen LogP contribution in [-0.2, 0) is 10.0 Å². The largest absolute Gasteiger partial charge is 0.352 e. The highest BCUT2D eigenvalue weighted by atomic mass is 32.2. The number of carbonyl (C=O) groups is 1. The van der Waals surface area contributed by atoms with Gasteiger partial charge < -0.3 is 10.2 Å². The number of hydrogen-bond donors (Lipinski definition) is 1. The van der Waals surface area contributed by atoms with E-state index in [-0.39, 0.29) is 10.8 Å². The molecule has 2 saturated heterocycles. The summed E-state index contributed by atoms with van der Waals surface area (Å²) < 4.78 is 27.5. The van der Waals surface area contributed by atoms with Gasteiger partial charge in [-0.05, 0) is 81.4 Å². The van der Waals surface area contributed by atoms with Crippen molar-refractivity contribution in [2.45, 2.75) is 50.8 Å². The van der Waals surface area contributed by atoms with Gasteiger partial charge in [-0.25, -0.2) is 8.42 Å². The van der Waals surface area contributed by atoms with E-state index in [0.29, 0.717) is 37.0 Å². The number of nitrogens with one attached hydrogen (secondary N) is 1. The average Bonchev–Trinajstić information content (AvgIpc) is 2.71. The number of carbonyl (C=O) groups excluding carboxylic acids is 1. The van der Waals surface area contributed by atoms with E-state index in [1.165, 1.54) is 32.4 Å². The van der Waals surface area contributed by atoms with Gasteiger partial charge in [0.1, 0.15) is 0 Å². The third kappa shape index (κ3) is 6.03. The molecular weight excluding hydrogens is 386 g/mol. The van der Waals surface area contributed by atoms with Crippen LogP contribution in [0.15, 0.2) is 29.2 Å². The Kier molecular flexibility index (Phi) is 7.71. The summed E-state index contributed by atoms with van der Waals surface area (Å²) in [6.07, 6.45) is 5.87. The molecule has 2 aliphatic rings. The molecule has 1 amide bonds. The van der Waals surface area contributed by atoms with Gasteiger partial charge in [0.2, 0.25) is 10.0 Å². The Balaban J connectivity index is 1.51. The first-order chi connectivity index (χ1) is 13.9. The standard InChI is InChI=1S/C22H35N3O3S/c1-18-15-19(2)17-25(16-18)29(27,28)21-9-7-20(8-10-21)22(26)23-11-6-14-24-12-4-3-5-13-24/h7-10,18-19H,3-6,11-17H2,1-2H3,(H,23,26)/t18-,19-/m1/s1. The zero-order valence-corrected chi connectivity index (χ0v) is 18.6. The fourth-order valence-corrected chi connectivity index (χ4v) is 6.20. The Morgan fingerprint density at radius 1 is 1.03 bits per heavy atom. The number of piperidine rings is 2. The SMILES string of the molecule is C[C@@H]1C[C@@H](C)CN(S(=O)(=O)c2ccc(C(=O)NCCCN3CCCCC3)cc2)C1. The lowest BCUT2D eigenvalue weighted by Gasteiger charge is -2.34. The van der Waals surface area contributed by atoms with Crippen LogP contribution in [0.5, 0.6) is 0 Å². The van der Waals surface area contributed by atoms with Gasteiger partial charge in [-0.2, -0.15) is 4.31 Å². The van der Waals surface area contributed by atoms with Gasteiger partial charge >= 0.3 is 0 Å². The lowest BCUT2D eigenvalue weighted by molar-refractivity contribution is 0.0951. The number of sulfonamides is 1. The maximum Gasteiger partial charge on any atom is 0.251 e. The molecule has 2 aliphatic heterocycles. The molecule has 3 rings (SSSR count). The van der Waals surface area contributed by atoms with Crippen LogP contribution in [0.1, 0.15) is 56.3 Å². The van der Waals surface area contributed by atoms with Crippen molar-refractivity contribution in [1.29, 1.82) is 0 Å². The predicted molar refractivity (Wildman–Crippen MR) is 115 cm³/mol. The van der Waals surface area contributed by atoms with Gasteiger partial charge in [0.25, 0.3) is 5.91 Å². The molecule has 162 valence electrons. The van der Waals surface area contributed by atoms with E-state index in [1.54, 1.807) is 28.6 Å². The van der Waals surface area contributed by atoms with Gasteiger partial charge in [0.05, 0.1) is 4.90 Å². The summed E-state index contributed by atoms with van der Waals surface area (Å²) in [5, 5.41) is 2.95. The second-order valence-electron chi connectivity index (χ2n) is 8.80. The first-order valence-corrected chi connectivity index (χ1v) is 12.4. The summed E-state index contributed by atoms with van der Waals surface area (Å²) in [5.41, 5.74) is 0.502. The Morgan fingerprint density at radius 2 is 1.66 bits per heavy atom. The lowest BCUT2D eigenvalue weighted by atomic mass is 9.94. The maximum atomic E-state index is 12.9. The maximum absolute atomic E-state index is 12.9. The normalized spacial score (nSPS) is 24.3. The molecule has 29 heavy (non-hydrogen) atoms. The summed E-state index contributed by atoms with van der Waals surface area (Å²) in [4.78, 5) is 15.1. The van der Waals surface area contributed by atoms with Crippen LogP contribution in [0.4, 0.5) is 0 Å². The van der Waals surface area contributed by atoms with E-state index in [1.807, 2.05) is 0 Å². The van der Waals surface area contributed by atoms with Crippen LogP contribution >= 0.6 is 0 Å². The molecule has 2 heterocycles. The topological polar surface area (TPSA) is 69.7 Å². The molecule has 0 bridgehead atoms. The Morgan fingerprint density at radius 3 is 2.28 bits per heavy atom. The number of benzene rings is 1. The third-order valence-corrected chi connectivity index (χ3v) is 7.82. The molecule has 1 N–H and O–H groups in total. The molecule has 0 saturated carbocycles. The minimum Gasteiger partial charge on any atom is -0.352 e. The predicted octanol–water partition coefficient (Wildman–Crippen LogP) is 2.96. The van der Waals surface area contributed by atoms with Crippen LogP contribution in [0, 0.1) is 11.8 Å². The minimum absolute atomic E-state index is 0.146. The average molecular weight is 422 g/mol. The second kappa shape index (κ2) is 10.0. The van der Waals surface area contributed by atoms with Crippen LogP contribution in [0.25, 0.3) is 0 Å². The van der Waals surface area contributed by atoms with Crippen molar-refractivity contribution in [3.8, 4) is 0 Å². The smallest absolute Gasteiger partial charge is 0.251 e. The van der Waals surface area contributed by atoms with Gasteiger partial charge in [-0.1, -0.05) is 20.3 Å². The minimum atomic E-state index is -3.51. The zero-order valence-electron chi connectivity index (χ0n) is 17.8. The van der Waals surface area contributed by atoms with Crippen LogP contribution < -0.4 is 5.32 Å². The summed E-state index contributed by atoms with van der Waals surface area (Å²) >= 11 is 0. The highest BCUT2D eigenvalue weighted by Gasteiger charge is 2.31. The van der Waals surface area contributed by atoms with E-state index in [2.05, 4.69) is 24.1 Å². The molecule has 0 spiro atoms. The van der Waals surface area contributed by atoms with E-state index in [9.17, 15) is 13.2 Å². The number of amides is 1. The molecule has 1 aromatic carbocycles. The van der Waals surface area contributed by atoms with Crippen LogP contribution in [0.3, 0.4) is 0 Å². The second-order valence-corrected chi connectivity index (χ2v) is 10.7. The Hall–Kier alpha value is -1.44. The highest BCUT2D eigenvalue weighted by Crippen LogP contribution is 2.26. The van der Waals surface area contributed by atoms with Crippen molar-refractivity contribution in [2.24, 2.45) is 11.8 Å². The summed E-state index contributed by atoms with van der Waals surface area (Å²) in [5.74, 6) is 0.583. The van der Waals surface area contributed by atoms with Gasteiger partial charge in [-0.15, -0.1) is 0 Å². The fraction of sp³-hybridized carbons (Fsp3) is 0.682. The molecule has 0 radical (unpaired) electrons. The number of hydrogen-bond acceptors (Lipinski definition) is 4. The van der Waals surface area contributed by atoms with Gasteiger partial charge in [0, 0.05) is 25.2 Å². The number of likely N-dealkylation sites (tertiary alicyclic amines) is 1. The third-order valence-electron chi connectivity index (χ3n) is 5.97. The van der Waals surface area contributed by atoms with Crippen LogP contribution in [-0.4, -0.2) is 62.8 Å². The number of rotatable bonds is 7. The highest BCUT2D eigenvalue weighted by molar-refractivity contribution is 7.89. The summed E-state index contributed by atoms with van der Waals surface area (Å²) in [6.45, 7) is 9.30. The first-order valence-electron chi connectivity index (χ1n) is 11.0. The summed E-state index contributed by atoms with van der Waals surface area (Å²) in [6, 6.07) is 6.34. The number of nitrogens with zero attached hydrogens (tertiary/aromatic N) is 2. The van der Waals surface area contributed by atoms with E-state index in [4.69, 9.17) is 0 Å². The molecule has 0 aromatic heterocycles. The van der Waals surface area contributed by atoms with Crippen molar-refractivity contribution in [3.05, 3.63) is 29.8 Å². The summed E-state index contributed by atoms with van der Waals surface area (Å²) in [7, 11) is -3.51. The quantitative estimate of drug-likeness (QED) is 0.687. The van der Waals surface area contributed by atoms with Gasteiger partial charge in [-0.3, -0.25) is 4.79 Å². The van der Waals surface area contributed by atoms with Gasteiger partial charge in [0.15, 0.2) is 0 Å². The molecule has 6 nitrogen and oxygen atoms in total. The fourth-order valence-electron chi connectivity index (χ4n) is 4.52. The van der Waals surface area contributed by atoms with Crippen molar-refractivity contribution in [3.63, 3.8) is 0 Å². The van der Waals surface area contributed by atoms with E-state index in [0.717, 1.165) is 19.4 Å². The monoisotopic (exact) mass is 421 g/mol. The van der Waals surface area contributed by atoms with Crippen molar-refractivity contribution in [1.82, 2.24) is 14.5 Å². The van der Waals surface area contributed by atoms with E-state index < -0.39 is 10.0 Å². The molecular formula is C22H35N3O3S.